The van der Waals surface area contributed by atoms with Gasteiger partial charge in [-0.3, -0.25) is 0 Å². The Labute approximate surface area is 127 Å². The Hall–Kier alpha value is -1.49. The van der Waals surface area contributed by atoms with Crippen LogP contribution in [-0.4, -0.2) is 31.6 Å². The van der Waals surface area contributed by atoms with Crippen molar-refractivity contribution in [2.24, 2.45) is 0 Å². The largest absolute Gasteiger partial charge is 0.478 e. The van der Waals surface area contributed by atoms with Crippen LogP contribution in [-0.2, 0) is 6.54 Å². The molecule has 4 nitrogen and oxygen atoms in total. The minimum absolute atomic E-state index is 0.326. The van der Waals surface area contributed by atoms with E-state index in [0.29, 0.717) is 22.2 Å². The van der Waals surface area contributed by atoms with Crippen molar-refractivity contribution in [1.29, 1.82) is 0 Å². The summed E-state index contributed by atoms with van der Waals surface area (Å²) in [6.07, 6.45) is 4.92. The molecule has 0 bridgehead atoms. The lowest BCUT2D eigenvalue weighted by molar-refractivity contribution is 0.0699. The second-order valence-electron chi connectivity index (χ2n) is 5.97. The number of nitrogens with zero attached hydrogens (tertiary/aromatic N) is 2. The van der Waals surface area contributed by atoms with Crippen molar-refractivity contribution in [3.63, 3.8) is 0 Å². The van der Waals surface area contributed by atoms with E-state index in [1.54, 1.807) is 6.07 Å². The average Bonchev–Trinajstić information content (AvgIpc) is 3.07. The maximum atomic E-state index is 11.4. The van der Waals surface area contributed by atoms with Gasteiger partial charge in [0.15, 0.2) is 0 Å². The molecule has 1 aromatic heterocycles. The predicted octanol–water partition coefficient (Wildman–Crippen LogP) is 3.51. The SMILES string of the molecule is O=C(O)c1cccc2c1nc(C1CC1)n2CC1CCCS1. The molecule has 5 heteroatoms. The Morgan fingerprint density at radius 2 is 2.24 bits per heavy atom. The maximum Gasteiger partial charge on any atom is 0.337 e. The van der Waals surface area contributed by atoms with Crippen LogP contribution in [0.1, 0.15) is 47.8 Å². The molecule has 21 heavy (non-hydrogen) atoms. The van der Waals surface area contributed by atoms with E-state index < -0.39 is 5.97 Å². The van der Waals surface area contributed by atoms with Crippen LogP contribution in [0, 0.1) is 0 Å². The van der Waals surface area contributed by atoms with Crippen molar-refractivity contribution < 1.29 is 9.90 Å². The second-order valence-corrected chi connectivity index (χ2v) is 7.38. The molecule has 1 saturated carbocycles. The molecule has 110 valence electrons. The van der Waals surface area contributed by atoms with Gasteiger partial charge in [-0.1, -0.05) is 6.07 Å². The van der Waals surface area contributed by atoms with Crippen molar-refractivity contribution in [3.05, 3.63) is 29.6 Å². The smallest absolute Gasteiger partial charge is 0.337 e. The maximum absolute atomic E-state index is 11.4. The minimum atomic E-state index is -0.886. The summed E-state index contributed by atoms with van der Waals surface area (Å²) in [5, 5.41) is 10.0. The Morgan fingerprint density at radius 3 is 2.90 bits per heavy atom. The van der Waals surface area contributed by atoms with Gasteiger partial charge in [-0.2, -0.15) is 11.8 Å². The number of aromatic carboxylic acids is 1. The minimum Gasteiger partial charge on any atom is -0.478 e. The number of para-hydroxylation sites is 1. The number of hydrogen-bond donors (Lipinski definition) is 1. The first kappa shape index (κ1) is 13.2. The zero-order chi connectivity index (χ0) is 14.4. The van der Waals surface area contributed by atoms with Gasteiger partial charge >= 0.3 is 5.97 Å². The summed E-state index contributed by atoms with van der Waals surface area (Å²) in [5.41, 5.74) is 1.98. The zero-order valence-electron chi connectivity index (χ0n) is 11.8. The third kappa shape index (κ3) is 2.33. The van der Waals surface area contributed by atoms with Gasteiger partial charge in [0, 0.05) is 17.7 Å². The first-order chi connectivity index (χ1) is 10.2. The van der Waals surface area contributed by atoms with Gasteiger partial charge in [0.1, 0.15) is 11.3 Å². The van der Waals surface area contributed by atoms with Crippen LogP contribution in [0.15, 0.2) is 18.2 Å². The number of fused-ring (bicyclic) bond motifs is 1. The van der Waals surface area contributed by atoms with Crippen LogP contribution in [0.4, 0.5) is 0 Å². The lowest BCUT2D eigenvalue weighted by atomic mass is 10.2. The molecule has 2 aliphatic rings. The van der Waals surface area contributed by atoms with Crippen molar-refractivity contribution in [2.75, 3.05) is 5.75 Å². The zero-order valence-corrected chi connectivity index (χ0v) is 12.6. The number of benzene rings is 1. The molecule has 1 aliphatic carbocycles. The quantitative estimate of drug-likeness (QED) is 0.939. The van der Waals surface area contributed by atoms with E-state index in [2.05, 4.69) is 4.57 Å². The van der Waals surface area contributed by atoms with Gasteiger partial charge in [-0.25, -0.2) is 9.78 Å². The fourth-order valence-electron chi connectivity index (χ4n) is 3.17. The molecule has 0 amide bonds. The lowest BCUT2D eigenvalue weighted by Gasteiger charge is -2.13. The van der Waals surface area contributed by atoms with E-state index in [1.165, 1.54) is 31.4 Å². The summed E-state index contributed by atoms with van der Waals surface area (Å²) in [4.78, 5) is 16.1. The molecule has 2 aromatic rings. The number of carbonyl (C=O) groups is 1. The summed E-state index contributed by atoms with van der Waals surface area (Å²) in [6.45, 7) is 0.968. The van der Waals surface area contributed by atoms with Crippen molar-refractivity contribution in [1.82, 2.24) is 9.55 Å². The molecule has 1 aliphatic heterocycles. The summed E-state index contributed by atoms with van der Waals surface area (Å²) in [5.74, 6) is 2.00. The van der Waals surface area contributed by atoms with Gasteiger partial charge < -0.3 is 9.67 Å². The van der Waals surface area contributed by atoms with Crippen molar-refractivity contribution in [2.45, 2.75) is 43.4 Å². The standard InChI is InChI=1S/C16H18N2O2S/c19-16(20)12-4-1-5-13-14(12)17-15(10-6-7-10)18(13)9-11-3-2-8-21-11/h1,4-5,10-11H,2-3,6-9H2,(H,19,20). The van der Waals surface area contributed by atoms with Crippen LogP contribution >= 0.6 is 11.8 Å². The van der Waals surface area contributed by atoms with Crippen LogP contribution in [0.5, 0.6) is 0 Å². The predicted molar refractivity (Wildman–Crippen MR) is 84.1 cm³/mol. The van der Waals surface area contributed by atoms with Gasteiger partial charge in [-0.05, 0) is 43.6 Å². The molecule has 1 aromatic carbocycles. The third-order valence-corrected chi connectivity index (χ3v) is 5.77. The number of hydrogen-bond acceptors (Lipinski definition) is 3. The van der Waals surface area contributed by atoms with Gasteiger partial charge in [-0.15, -0.1) is 0 Å². The molecule has 0 spiro atoms. The molecule has 1 unspecified atom stereocenters. The summed E-state index contributed by atoms with van der Waals surface area (Å²) >= 11 is 2.04. The summed E-state index contributed by atoms with van der Waals surface area (Å²) in [7, 11) is 0. The highest BCUT2D eigenvalue weighted by Gasteiger charge is 2.31. The van der Waals surface area contributed by atoms with Crippen molar-refractivity contribution in [3.8, 4) is 0 Å². The van der Waals surface area contributed by atoms with E-state index in [9.17, 15) is 9.90 Å². The molecule has 1 saturated heterocycles. The highest BCUT2D eigenvalue weighted by molar-refractivity contribution is 8.00. The topological polar surface area (TPSA) is 55.1 Å². The number of carboxylic acids is 1. The van der Waals surface area contributed by atoms with E-state index in [1.807, 2.05) is 23.9 Å². The molecule has 4 rings (SSSR count). The highest BCUT2D eigenvalue weighted by Crippen LogP contribution is 2.42. The highest BCUT2D eigenvalue weighted by atomic mass is 32.2. The molecule has 2 heterocycles. The number of rotatable bonds is 4. The molecular weight excluding hydrogens is 284 g/mol. The van der Waals surface area contributed by atoms with E-state index in [0.717, 1.165) is 17.9 Å². The van der Waals surface area contributed by atoms with Gasteiger partial charge in [0.25, 0.3) is 0 Å². The normalized spacial score (nSPS) is 22.0. The van der Waals surface area contributed by atoms with E-state index >= 15 is 0 Å². The first-order valence-electron chi connectivity index (χ1n) is 7.58. The van der Waals surface area contributed by atoms with Gasteiger partial charge in [0.2, 0.25) is 0 Å². The molecular formula is C16H18N2O2S. The summed E-state index contributed by atoms with van der Waals surface area (Å²) < 4.78 is 2.29. The van der Waals surface area contributed by atoms with Crippen LogP contribution < -0.4 is 0 Å². The number of aromatic nitrogens is 2. The van der Waals surface area contributed by atoms with Crippen LogP contribution in [0.2, 0.25) is 0 Å². The average molecular weight is 302 g/mol. The monoisotopic (exact) mass is 302 g/mol. The molecule has 1 N–H and O–H groups in total. The summed E-state index contributed by atoms with van der Waals surface area (Å²) in [6, 6.07) is 5.51. The van der Waals surface area contributed by atoms with Crippen LogP contribution in [0.25, 0.3) is 11.0 Å². The van der Waals surface area contributed by atoms with E-state index in [-0.39, 0.29) is 0 Å². The fraction of sp³-hybridized carbons (Fsp3) is 0.500. The lowest BCUT2D eigenvalue weighted by Crippen LogP contribution is -2.12. The molecule has 1 atom stereocenters. The number of thioether (sulfide) groups is 1. The Balaban J connectivity index is 1.83. The molecule has 0 radical (unpaired) electrons. The van der Waals surface area contributed by atoms with Crippen molar-refractivity contribution >= 4 is 28.8 Å². The first-order valence-corrected chi connectivity index (χ1v) is 8.63. The Kier molecular flexibility index (Phi) is 3.17. The molecule has 2 fully saturated rings. The third-order valence-electron chi connectivity index (χ3n) is 4.39. The van der Waals surface area contributed by atoms with Crippen LogP contribution in [0.3, 0.4) is 0 Å². The number of carboxylic acid groups (broad SMARTS) is 1. The fourth-order valence-corrected chi connectivity index (χ4v) is 4.43. The number of imidazole rings is 1. The Morgan fingerprint density at radius 1 is 1.38 bits per heavy atom. The Bertz CT molecular complexity index is 700. The second kappa shape index (κ2) is 5.05. The van der Waals surface area contributed by atoms with E-state index in [4.69, 9.17) is 4.98 Å². The van der Waals surface area contributed by atoms with Gasteiger partial charge in [0.05, 0.1) is 11.1 Å².